The van der Waals surface area contributed by atoms with Gasteiger partial charge >= 0.3 is 18.5 Å². The maximum atomic E-state index is 13.6. The number of aromatic hydroxyl groups is 1. The molecule has 0 unspecified atom stereocenters. The van der Waals surface area contributed by atoms with Crippen LogP contribution in [-0.2, 0) is 47.3 Å². The molecule has 1 N–H and O–H groups in total. The molecule has 0 saturated heterocycles. The van der Waals surface area contributed by atoms with Crippen LogP contribution >= 0.6 is 0 Å². The van der Waals surface area contributed by atoms with Gasteiger partial charge in [0.2, 0.25) is 0 Å². The second-order valence-corrected chi connectivity index (χ2v) is 22.9. The largest absolute Gasteiger partial charge is 0.507 e. The molecule has 0 aliphatic heterocycles. The first-order chi connectivity index (χ1) is 31.5. The van der Waals surface area contributed by atoms with E-state index in [0.29, 0.717) is 61.8 Å². The first-order valence-electron chi connectivity index (χ1n) is 23.9. The Hall–Kier alpha value is -4.55. The fourth-order valence-corrected chi connectivity index (χ4v) is 8.53. The molecule has 0 heterocycles. The van der Waals surface area contributed by atoms with Gasteiger partial charge in [0, 0.05) is 44.9 Å². The van der Waals surface area contributed by atoms with Crippen molar-refractivity contribution in [3.05, 3.63) is 115 Å². The van der Waals surface area contributed by atoms with Gasteiger partial charge in [-0.2, -0.15) is 39.5 Å². The lowest BCUT2D eigenvalue weighted by molar-refractivity contribution is -0.137. The summed E-state index contributed by atoms with van der Waals surface area (Å²) >= 11 is 0. The van der Waals surface area contributed by atoms with Crippen molar-refractivity contribution in [1.29, 1.82) is 0 Å². The van der Waals surface area contributed by atoms with Crippen molar-refractivity contribution in [2.45, 2.75) is 187 Å². The Labute approximate surface area is 403 Å². The average molecular weight is 979 g/mol. The van der Waals surface area contributed by atoms with Crippen LogP contribution in [0.1, 0.15) is 188 Å². The third kappa shape index (κ3) is 15.7. The highest BCUT2D eigenvalue weighted by Gasteiger charge is 2.32. The zero-order valence-electron chi connectivity index (χ0n) is 42.4. The molecule has 0 aromatic heterocycles. The number of phenols is 1. The molecule has 0 atom stereocenters. The van der Waals surface area contributed by atoms with Gasteiger partial charge in [0.1, 0.15) is 23.0 Å². The minimum absolute atomic E-state index is 0.0128. The minimum atomic E-state index is -4.43. The lowest BCUT2D eigenvalue weighted by Gasteiger charge is -2.29. The van der Waals surface area contributed by atoms with Crippen molar-refractivity contribution >= 4 is 0 Å². The zero-order valence-corrected chi connectivity index (χ0v) is 42.4. The SMILES string of the molecule is CC(C)(C)c1cc2c(O)c(c1)Cc1cc(C(C)(C)C)cc(c1OCCCC(F)(F)F)Cc1cc(C(C)(C)C)cc(c1OCCCC(F)(F)F)Cc1cc(C(C)(C)C)cc(c1OCCCC(F)(F)F)C2. The molecule has 0 amide bonds. The Morgan fingerprint density at radius 3 is 0.725 bits per heavy atom. The summed E-state index contributed by atoms with van der Waals surface area (Å²) in [5, 5.41) is 12.4. The molecular weight excluding hydrogens is 908 g/mol. The third-order valence-corrected chi connectivity index (χ3v) is 12.5. The van der Waals surface area contributed by atoms with E-state index in [2.05, 4.69) is 0 Å². The first-order valence-corrected chi connectivity index (χ1v) is 23.9. The summed E-state index contributed by atoms with van der Waals surface area (Å²) in [6, 6.07) is 15.6. The number of ether oxygens (including phenoxy) is 3. The topological polar surface area (TPSA) is 47.9 Å². The van der Waals surface area contributed by atoms with E-state index in [1.165, 1.54) is 0 Å². The van der Waals surface area contributed by atoms with E-state index >= 15 is 0 Å². The van der Waals surface area contributed by atoms with Crippen LogP contribution in [0.2, 0.25) is 0 Å². The molecule has 0 fully saturated rings. The van der Waals surface area contributed by atoms with Gasteiger partial charge in [-0.15, -0.1) is 0 Å². The molecule has 5 rings (SSSR count). The summed E-state index contributed by atoms with van der Waals surface area (Å²) in [7, 11) is 0. The van der Waals surface area contributed by atoms with E-state index in [1.807, 2.05) is 132 Å². The highest BCUT2D eigenvalue weighted by atomic mass is 19.4. The van der Waals surface area contributed by atoms with Crippen molar-refractivity contribution in [2.75, 3.05) is 19.8 Å². The highest BCUT2D eigenvalue weighted by Crippen LogP contribution is 2.44. The maximum Gasteiger partial charge on any atom is 0.389 e. The van der Waals surface area contributed by atoms with Crippen molar-refractivity contribution < 1.29 is 58.8 Å². The normalized spacial score (nSPS) is 14.2. The van der Waals surface area contributed by atoms with Crippen LogP contribution in [-0.4, -0.2) is 43.5 Å². The fraction of sp³-hybridized carbons (Fsp3) is 0.571. The third-order valence-electron chi connectivity index (χ3n) is 12.5. The molecule has 4 aromatic carbocycles. The quantitative estimate of drug-likeness (QED) is 0.1000. The first kappa shape index (κ1) is 55.4. The molecular formula is C56H71F9O4. The summed E-state index contributed by atoms with van der Waals surface area (Å²) in [5.41, 5.74) is 6.50. The Morgan fingerprint density at radius 2 is 0.536 bits per heavy atom. The molecule has 0 radical (unpaired) electrons. The van der Waals surface area contributed by atoms with Gasteiger partial charge in [0.25, 0.3) is 0 Å². The summed E-state index contributed by atoms with van der Waals surface area (Å²) in [6.45, 7) is 23.6. The standard InChI is InChI=1S/C56H71F9O4/c1-50(2,3)42-26-34-22-36-28-43(51(4,5)6)30-38(47(36)67-19-13-16-54(57,58)59)24-40-32-45(53(10,11)12)33-41(49(40)69-21-15-18-56(63,64)65)25-39-31-44(52(7,8)9)29-37(23-35(27-42)46(34)66)48(39)68-20-14-17-55(60,61)62/h26-33,66H,13-25H2,1-12H3. The summed E-state index contributed by atoms with van der Waals surface area (Å²) in [5.74, 6) is 1.01. The predicted octanol–water partition coefficient (Wildman–Crippen LogP) is 16.4. The zero-order chi connectivity index (χ0) is 51.7. The molecule has 69 heavy (non-hydrogen) atoms. The van der Waals surface area contributed by atoms with Gasteiger partial charge in [-0.05, 0) is 108 Å². The Morgan fingerprint density at radius 1 is 0.348 bits per heavy atom. The van der Waals surface area contributed by atoms with E-state index in [4.69, 9.17) is 14.2 Å². The van der Waals surface area contributed by atoms with Crippen LogP contribution < -0.4 is 14.2 Å². The minimum Gasteiger partial charge on any atom is -0.507 e. The molecule has 1 aliphatic rings. The lowest BCUT2D eigenvalue weighted by Crippen LogP contribution is -2.18. The van der Waals surface area contributed by atoms with Gasteiger partial charge < -0.3 is 19.3 Å². The Balaban J connectivity index is 1.94. The summed E-state index contributed by atoms with van der Waals surface area (Å²) < 4.78 is 141. The number of fused-ring (bicyclic) bond motifs is 8. The van der Waals surface area contributed by atoms with Crippen LogP contribution in [0.4, 0.5) is 39.5 Å². The monoisotopic (exact) mass is 979 g/mol. The van der Waals surface area contributed by atoms with E-state index in [9.17, 15) is 44.6 Å². The van der Waals surface area contributed by atoms with E-state index < -0.39 is 59.5 Å². The summed E-state index contributed by atoms with van der Waals surface area (Å²) in [6.07, 6.45) is -17.0. The van der Waals surface area contributed by atoms with Crippen molar-refractivity contribution in [3.63, 3.8) is 0 Å². The van der Waals surface area contributed by atoms with Crippen molar-refractivity contribution in [1.82, 2.24) is 0 Å². The number of halogens is 9. The van der Waals surface area contributed by atoms with Crippen LogP contribution in [0.15, 0.2) is 48.5 Å². The number of alkyl halides is 9. The van der Waals surface area contributed by atoms with Gasteiger partial charge in [-0.1, -0.05) is 132 Å². The van der Waals surface area contributed by atoms with E-state index in [-0.39, 0.29) is 70.5 Å². The molecule has 382 valence electrons. The van der Waals surface area contributed by atoms with Crippen LogP contribution in [0.3, 0.4) is 0 Å². The molecule has 0 saturated carbocycles. The second-order valence-electron chi connectivity index (χ2n) is 22.9. The molecule has 13 heteroatoms. The van der Waals surface area contributed by atoms with Gasteiger partial charge in [0.15, 0.2) is 0 Å². The maximum absolute atomic E-state index is 13.6. The van der Waals surface area contributed by atoms with E-state index in [1.54, 1.807) is 0 Å². The highest BCUT2D eigenvalue weighted by molar-refractivity contribution is 5.59. The van der Waals surface area contributed by atoms with Crippen molar-refractivity contribution in [3.8, 4) is 23.0 Å². The molecule has 0 spiro atoms. The lowest BCUT2D eigenvalue weighted by atomic mass is 9.79. The smallest absolute Gasteiger partial charge is 0.389 e. The Bertz CT molecular complexity index is 2280. The predicted molar refractivity (Wildman–Crippen MR) is 256 cm³/mol. The van der Waals surface area contributed by atoms with Crippen LogP contribution in [0.5, 0.6) is 23.0 Å². The second kappa shape index (κ2) is 20.7. The molecule has 4 nitrogen and oxygen atoms in total. The van der Waals surface area contributed by atoms with Crippen molar-refractivity contribution in [2.24, 2.45) is 0 Å². The molecule has 4 aromatic rings. The number of hydrogen-bond donors (Lipinski definition) is 1. The van der Waals surface area contributed by atoms with Crippen LogP contribution in [0, 0.1) is 0 Å². The average Bonchev–Trinajstić information content (AvgIpc) is 3.17. The Kier molecular flexibility index (Phi) is 16.6. The number of rotatable bonds is 12. The number of hydrogen-bond acceptors (Lipinski definition) is 4. The van der Waals surface area contributed by atoms with Gasteiger partial charge in [-0.3, -0.25) is 0 Å². The number of phenolic OH excluding ortho intramolecular Hbond substituents is 1. The summed E-state index contributed by atoms with van der Waals surface area (Å²) in [4.78, 5) is 0. The molecule has 1 aliphatic carbocycles. The van der Waals surface area contributed by atoms with Crippen LogP contribution in [0.25, 0.3) is 0 Å². The van der Waals surface area contributed by atoms with Gasteiger partial charge in [-0.25, -0.2) is 0 Å². The van der Waals surface area contributed by atoms with Gasteiger partial charge in [0.05, 0.1) is 19.8 Å². The molecule has 8 bridgehead atoms. The fourth-order valence-electron chi connectivity index (χ4n) is 8.53. The van der Waals surface area contributed by atoms with E-state index in [0.717, 1.165) is 22.3 Å². The number of benzene rings is 4.